The van der Waals surface area contributed by atoms with Crippen LogP contribution in [0, 0.1) is 0 Å². The van der Waals surface area contributed by atoms with E-state index < -0.39 is 0 Å². The van der Waals surface area contributed by atoms with E-state index >= 15 is 0 Å². The van der Waals surface area contributed by atoms with Crippen LogP contribution in [-0.4, -0.2) is 73.5 Å². The van der Waals surface area contributed by atoms with E-state index in [9.17, 15) is 0 Å². The Labute approximate surface area is 132 Å². The van der Waals surface area contributed by atoms with Crippen molar-refractivity contribution in [1.29, 1.82) is 0 Å². The van der Waals surface area contributed by atoms with E-state index in [0.717, 1.165) is 32.2 Å². The van der Waals surface area contributed by atoms with Gasteiger partial charge < -0.3 is 20.0 Å². The Balaban J connectivity index is 3.74. The van der Waals surface area contributed by atoms with Crippen molar-refractivity contribution in [2.75, 3.05) is 53.5 Å². The predicted octanol–water partition coefficient (Wildman–Crippen LogP) is 2.35. The van der Waals surface area contributed by atoms with Crippen LogP contribution in [0.4, 0.5) is 0 Å². The number of rotatable bonds is 16. The smallest absolute Gasteiger partial charge is 0.0431 e. The normalized spacial score (nSPS) is 11.7. The molecule has 0 heterocycles. The second-order valence-electron chi connectivity index (χ2n) is 6.27. The van der Waals surface area contributed by atoms with E-state index in [1.165, 1.54) is 51.7 Å². The highest BCUT2D eigenvalue weighted by atomic mass is 16.3. The average molecular weight is 303 g/mol. The Morgan fingerprint density at radius 2 is 0.952 bits per heavy atom. The molecule has 2 N–H and O–H groups in total. The molecule has 0 bridgehead atoms. The first-order valence-corrected chi connectivity index (χ1v) is 8.79. The van der Waals surface area contributed by atoms with E-state index in [1.54, 1.807) is 0 Å². The molecule has 0 aromatic carbocycles. The maximum absolute atomic E-state index is 8.80. The van der Waals surface area contributed by atoms with E-state index in [1.807, 2.05) is 0 Å². The van der Waals surface area contributed by atoms with Crippen LogP contribution < -0.4 is 0 Å². The molecule has 0 saturated carbocycles. The van der Waals surface area contributed by atoms with Crippen LogP contribution in [0.25, 0.3) is 0 Å². The molecule has 0 saturated heterocycles. The number of nitrogens with zero attached hydrogens (tertiary/aromatic N) is 2. The van der Waals surface area contributed by atoms with Crippen molar-refractivity contribution in [2.45, 2.75) is 57.8 Å². The van der Waals surface area contributed by atoms with Gasteiger partial charge in [-0.3, -0.25) is 0 Å². The lowest BCUT2D eigenvalue weighted by Crippen LogP contribution is -2.29. The van der Waals surface area contributed by atoms with Gasteiger partial charge in [-0.15, -0.1) is 0 Å². The number of hydrogen-bond donors (Lipinski definition) is 2. The standard InChI is InChI=1S/C17H38N2O2/c1-18(2)12-11-15-19(13-7-3-5-9-16-20)14-8-4-6-10-17-21/h20-21H,3-17H2,1-2H3. The van der Waals surface area contributed by atoms with Crippen molar-refractivity contribution in [3.63, 3.8) is 0 Å². The van der Waals surface area contributed by atoms with Crippen molar-refractivity contribution >= 4 is 0 Å². The molecule has 0 aromatic rings. The van der Waals surface area contributed by atoms with Crippen molar-refractivity contribution in [2.24, 2.45) is 0 Å². The predicted molar refractivity (Wildman–Crippen MR) is 90.7 cm³/mol. The van der Waals surface area contributed by atoms with Gasteiger partial charge in [-0.2, -0.15) is 0 Å². The maximum Gasteiger partial charge on any atom is 0.0431 e. The minimum atomic E-state index is 0.331. The zero-order valence-electron chi connectivity index (χ0n) is 14.4. The van der Waals surface area contributed by atoms with Crippen LogP contribution in [0.2, 0.25) is 0 Å². The first-order chi connectivity index (χ1) is 10.2. The fraction of sp³-hybridized carbons (Fsp3) is 1.00. The molecule has 0 spiro atoms. The van der Waals surface area contributed by atoms with Gasteiger partial charge in [0, 0.05) is 13.2 Å². The van der Waals surface area contributed by atoms with E-state index in [-0.39, 0.29) is 0 Å². The quantitative estimate of drug-likeness (QED) is 0.430. The van der Waals surface area contributed by atoms with Crippen molar-refractivity contribution in [3.8, 4) is 0 Å². The number of hydrogen-bond acceptors (Lipinski definition) is 4. The molecule has 128 valence electrons. The van der Waals surface area contributed by atoms with Gasteiger partial charge in [0.25, 0.3) is 0 Å². The zero-order valence-corrected chi connectivity index (χ0v) is 14.4. The molecule has 0 radical (unpaired) electrons. The average Bonchev–Trinajstić information content (AvgIpc) is 2.45. The molecule has 4 heteroatoms. The van der Waals surface area contributed by atoms with Gasteiger partial charge in [0.05, 0.1) is 0 Å². The molecule has 0 aromatic heterocycles. The largest absolute Gasteiger partial charge is 0.396 e. The lowest BCUT2D eigenvalue weighted by atomic mass is 10.1. The lowest BCUT2D eigenvalue weighted by Gasteiger charge is -2.23. The van der Waals surface area contributed by atoms with Gasteiger partial charge in [0.1, 0.15) is 0 Å². The fourth-order valence-electron chi connectivity index (χ4n) is 2.55. The van der Waals surface area contributed by atoms with Crippen molar-refractivity contribution in [3.05, 3.63) is 0 Å². The molecule has 0 fully saturated rings. The van der Waals surface area contributed by atoms with E-state index in [4.69, 9.17) is 10.2 Å². The molecule has 0 unspecified atom stereocenters. The van der Waals surface area contributed by atoms with Crippen LogP contribution in [-0.2, 0) is 0 Å². The summed E-state index contributed by atoms with van der Waals surface area (Å²) < 4.78 is 0. The minimum absolute atomic E-state index is 0.331. The highest BCUT2D eigenvalue weighted by Gasteiger charge is 2.05. The van der Waals surface area contributed by atoms with Crippen LogP contribution in [0.1, 0.15) is 57.8 Å². The monoisotopic (exact) mass is 302 g/mol. The summed E-state index contributed by atoms with van der Waals surface area (Å²) in [6.45, 7) is 5.40. The topological polar surface area (TPSA) is 46.9 Å². The second-order valence-corrected chi connectivity index (χ2v) is 6.27. The van der Waals surface area contributed by atoms with Crippen LogP contribution >= 0.6 is 0 Å². The zero-order chi connectivity index (χ0) is 15.8. The summed E-state index contributed by atoms with van der Waals surface area (Å²) in [7, 11) is 4.27. The molecular formula is C17H38N2O2. The third-order valence-electron chi connectivity index (χ3n) is 3.84. The highest BCUT2D eigenvalue weighted by Crippen LogP contribution is 2.06. The molecule has 21 heavy (non-hydrogen) atoms. The van der Waals surface area contributed by atoms with Gasteiger partial charge in [0.15, 0.2) is 0 Å². The van der Waals surface area contributed by atoms with Gasteiger partial charge in [-0.25, -0.2) is 0 Å². The number of aliphatic hydroxyl groups is 2. The van der Waals surface area contributed by atoms with Gasteiger partial charge in [-0.05, 0) is 72.4 Å². The Hall–Kier alpha value is -0.160. The Bertz CT molecular complexity index is 187. The molecule has 0 amide bonds. The molecule has 0 aliphatic heterocycles. The SMILES string of the molecule is CN(C)CCCN(CCCCCCO)CCCCCCO. The molecule has 4 nitrogen and oxygen atoms in total. The van der Waals surface area contributed by atoms with Crippen LogP contribution in [0.3, 0.4) is 0 Å². The molecule has 0 aliphatic rings. The molecule has 0 atom stereocenters. The van der Waals surface area contributed by atoms with Crippen LogP contribution in [0.15, 0.2) is 0 Å². The summed E-state index contributed by atoms with van der Waals surface area (Å²) in [5, 5.41) is 17.6. The van der Waals surface area contributed by atoms with Crippen molar-refractivity contribution in [1.82, 2.24) is 9.80 Å². The lowest BCUT2D eigenvalue weighted by molar-refractivity contribution is 0.238. The van der Waals surface area contributed by atoms with E-state index in [0.29, 0.717) is 13.2 Å². The summed E-state index contributed by atoms with van der Waals surface area (Å²) in [6, 6.07) is 0. The molecule has 0 rings (SSSR count). The summed E-state index contributed by atoms with van der Waals surface area (Å²) in [5.74, 6) is 0. The third-order valence-corrected chi connectivity index (χ3v) is 3.84. The van der Waals surface area contributed by atoms with Crippen LogP contribution in [0.5, 0.6) is 0 Å². The minimum Gasteiger partial charge on any atom is -0.396 e. The number of aliphatic hydroxyl groups excluding tert-OH is 2. The number of unbranched alkanes of at least 4 members (excludes halogenated alkanes) is 6. The Morgan fingerprint density at radius 3 is 1.38 bits per heavy atom. The molecular weight excluding hydrogens is 264 g/mol. The second kappa shape index (κ2) is 16.2. The van der Waals surface area contributed by atoms with Gasteiger partial charge >= 0.3 is 0 Å². The summed E-state index contributed by atoms with van der Waals surface area (Å²) in [5.41, 5.74) is 0. The van der Waals surface area contributed by atoms with E-state index in [2.05, 4.69) is 23.9 Å². The fourth-order valence-corrected chi connectivity index (χ4v) is 2.55. The summed E-state index contributed by atoms with van der Waals surface area (Å²) >= 11 is 0. The first-order valence-electron chi connectivity index (χ1n) is 8.79. The highest BCUT2D eigenvalue weighted by molar-refractivity contribution is 4.60. The third kappa shape index (κ3) is 16.0. The summed E-state index contributed by atoms with van der Waals surface area (Å²) in [4.78, 5) is 4.85. The van der Waals surface area contributed by atoms with Gasteiger partial charge in [0.2, 0.25) is 0 Å². The first kappa shape index (κ1) is 20.8. The molecule has 0 aliphatic carbocycles. The Morgan fingerprint density at radius 1 is 0.524 bits per heavy atom. The Kier molecular flexibility index (Phi) is 16.1. The maximum atomic E-state index is 8.80. The summed E-state index contributed by atoms with van der Waals surface area (Å²) in [6.07, 6.45) is 10.4. The van der Waals surface area contributed by atoms with Crippen molar-refractivity contribution < 1.29 is 10.2 Å². The van der Waals surface area contributed by atoms with Gasteiger partial charge in [-0.1, -0.05) is 25.7 Å².